The van der Waals surface area contributed by atoms with Crippen LogP contribution in [0.5, 0.6) is 0 Å². The molecule has 2 amide bonds. The number of rotatable bonds is 4. The molecule has 0 spiro atoms. The van der Waals surface area contributed by atoms with Crippen molar-refractivity contribution in [3.8, 4) is 0 Å². The molecule has 0 aromatic carbocycles. The second-order valence-electron chi connectivity index (χ2n) is 5.36. The number of carboxylic acid groups (broad SMARTS) is 1. The number of aliphatic carboxylic acids is 1. The monoisotopic (exact) mass is 254 g/mol. The number of hydrogen-bond acceptors (Lipinski definition) is 2. The predicted molar refractivity (Wildman–Crippen MR) is 67.3 cm³/mol. The lowest BCUT2D eigenvalue weighted by Crippen LogP contribution is -2.49. The van der Waals surface area contributed by atoms with Gasteiger partial charge in [0.15, 0.2) is 0 Å². The van der Waals surface area contributed by atoms with Crippen LogP contribution in [0.1, 0.15) is 44.9 Å². The molecule has 2 aliphatic rings. The quantitative estimate of drug-likeness (QED) is 0.804. The van der Waals surface area contributed by atoms with Gasteiger partial charge in [-0.3, -0.25) is 0 Å². The summed E-state index contributed by atoms with van der Waals surface area (Å²) in [5.74, 6) is -0.0982. The first kappa shape index (κ1) is 13.2. The summed E-state index contributed by atoms with van der Waals surface area (Å²) in [5, 5.41) is 12.0. The highest BCUT2D eigenvalue weighted by Crippen LogP contribution is 2.31. The van der Waals surface area contributed by atoms with Gasteiger partial charge in [-0.15, -0.1) is 0 Å². The Morgan fingerprint density at radius 3 is 2.61 bits per heavy atom. The minimum atomic E-state index is -0.880. The molecule has 1 heterocycles. The highest BCUT2D eigenvalue weighted by Gasteiger charge is 2.30. The zero-order chi connectivity index (χ0) is 13.0. The molecule has 2 fully saturated rings. The highest BCUT2D eigenvalue weighted by atomic mass is 16.4. The van der Waals surface area contributed by atoms with E-state index in [-0.39, 0.29) is 6.03 Å². The van der Waals surface area contributed by atoms with Crippen LogP contribution in [0.3, 0.4) is 0 Å². The van der Waals surface area contributed by atoms with Crippen LogP contribution in [0.15, 0.2) is 0 Å². The van der Waals surface area contributed by atoms with Crippen LogP contribution in [-0.2, 0) is 4.79 Å². The van der Waals surface area contributed by atoms with Crippen LogP contribution < -0.4 is 5.32 Å². The third-order valence-electron chi connectivity index (χ3n) is 3.82. The smallest absolute Gasteiger partial charge is 0.326 e. The largest absolute Gasteiger partial charge is 0.480 e. The van der Waals surface area contributed by atoms with Crippen molar-refractivity contribution in [2.45, 2.75) is 51.0 Å². The third-order valence-corrected chi connectivity index (χ3v) is 3.82. The molecular formula is C13H22N2O3. The van der Waals surface area contributed by atoms with E-state index in [1.165, 1.54) is 17.7 Å². The van der Waals surface area contributed by atoms with Crippen molar-refractivity contribution in [2.75, 3.05) is 13.1 Å². The molecule has 2 rings (SSSR count). The fraction of sp³-hybridized carbons (Fsp3) is 0.846. The Labute approximate surface area is 108 Å². The van der Waals surface area contributed by atoms with Crippen LogP contribution in [0.25, 0.3) is 0 Å². The lowest BCUT2D eigenvalue weighted by atomic mass is 10.1. The van der Waals surface area contributed by atoms with Crippen molar-refractivity contribution < 1.29 is 14.7 Å². The van der Waals surface area contributed by atoms with Crippen LogP contribution in [0.2, 0.25) is 0 Å². The zero-order valence-corrected chi connectivity index (χ0v) is 10.7. The molecule has 1 atom stereocenters. The van der Waals surface area contributed by atoms with Crippen molar-refractivity contribution in [3.05, 3.63) is 0 Å². The summed E-state index contributed by atoms with van der Waals surface area (Å²) in [4.78, 5) is 24.7. The van der Waals surface area contributed by atoms with E-state index >= 15 is 0 Å². The van der Waals surface area contributed by atoms with Gasteiger partial charge in [-0.1, -0.05) is 25.7 Å². The van der Waals surface area contributed by atoms with Crippen molar-refractivity contribution >= 4 is 12.0 Å². The van der Waals surface area contributed by atoms with E-state index in [9.17, 15) is 14.7 Å². The van der Waals surface area contributed by atoms with Gasteiger partial charge in [0.1, 0.15) is 6.04 Å². The number of carbonyl (C=O) groups is 2. The van der Waals surface area contributed by atoms with Gasteiger partial charge >= 0.3 is 12.0 Å². The Kier molecular flexibility index (Phi) is 4.44. The van der Waals surface area contributed by atoms with Gasteiger partial charge in [-0.05, 0) is 25.2 Å². The maximum atomic E-state index is 12.0. The second kappa shape index (κ2) is 6.07. The molecule has 1 saturated heterocycles. The predicted octanol–water partition coefficient (Wildman–Crippen LogP) is 1.83. The number of nitrogens with one attached hydrogen (secondary N) is 1. The molecule has 5 nitrogen and oxygen atoms in total. The first-order chi connectivity index (χ1) is 8.68. The zero-order valence-electron chi connectivity index (χ0n) is 10.7. The standard InChI is InChI=1S/C13H22N2O3/c16-12(17)11-4-2-1-3-9-15(11)13(18)14-8-7-10-5-6-10/h10-11H,1-9H2,(H,14,18)(H,16,17). The molecule has 0 radical (unpaired) electrons. The van der Waals surface area contributed by atoms with Crippen LogP contribution in [0.4, 0.5) is 4.79 Å². The van der Waals surface area contributed by atoms with Gasteiger partial charge < -0.3 is 15.3 Å². The number of nitrogens with zero attached hydrogens (tertiary/aromatic N) is 1. The Morgan fingerprint density at radius 2 is 1.94 bits per heavy atom. The van der Waals surface area contributed by atoms with Crippen molar-refractivity contribution in [1.82, 2.24) is 10.2 Å². The fourth-order valence-corrected chi connectivity index (χ4v) is 2.50. The third kappa shape index (κ3) is 3.62. The lowest BCUT2D eigenvalue weighted by Gasteiger charge is -2.27. The van der Waals surface area contributed by atoms with Crippen molar-refractivity contribution in [1.29, 1.82) is 0 Å². The first-order valence-electron chi connectivity index (χ1n) is 6.96. The minimum Gasteiger partial charge on any atom is -0.480 e. The first-order valence-corrected chi connectivity index (χ1v) is 6.96. The van der Waals surface area contributed by atoms with Gasteiger partial charge in [0, 0.05) is 13.1 Å². The van der Waals surface area contributed by atoms with Gasteiger partial charge in [-0.2, -0.15) is 0 Å². The molecule has 0 aromatic rings. The molecule has 18 heavy (non-hydrogen) atoms. The second-order valence-corrected chi connectivity index (χ2v) is 5.36. The molecule has 0 bridgehead atoms. The fourth-order valence-electron chi connectivity index (χ4n) is 2.50. The Balaban J connectivity index is 1.84. The van der Waals surface area contributed by atoms with E-state index in [0.29, 0.717) is 19.5 Å². The summed E-state index contributed by atoms with van der Waals surface area (Å²) in [6.45, 7) is 1.23. The summed E-state index contributed by atoms with van der Waals surface area (Å²) < 4.78 is 0. The molecule has 1 aliphatic carbocycles. The Hall–Kier alpha value is -1.26. The SMILES string of the molecule is O=C(O)C1CCCCCN1C(=O)NCCC1CC1. The van der Waals surface area contributed by atoms with E-state index in [1.807, 2.05) is 0 Å². The van der Waals surface area contributed by atoms with Crippen LogP contribution in [-0.4, -0.2) is 41.1 Å². The van der Waals surface area contributed by atoms with Crippen LogP contribution in [0, 0.1) is 5.92 Å². The molecular weight excluding hydrogens is 232 g/mol. The number of likely N-dealkylation sites (tertiary alicyclic amines) is 1. The number of hydrogen-bond donors (Lipinski definition) is 2. The van der Waals surface area contributed by atoms with Gasteiger partial charge in [0.05, 0.1) is 0 Å². The normalized spacial score (nSPS) is 24.4. The molecule has 102 valence electrons. The maximum Gasteiger partial charge on any atom is 0.326 e. The van der Waals surface area contributed by atoms with E-state index < -0.39 is 12.0 Å². The summed E-state index contributed by atoms with van der Waals surface area (Å²) in [7, 11) is 0. The lowest BCUT2D eigenvalue weighted by molar-refractivity contribution is -0.142. The Morgan fingerprint density at radius 1 is 1.17 bits per heavy atom. The van der Waals surface area contributed by atoms with Crippen molar-refractivity contribution in [3.63, 3.8) is 0 Å². The average Bonchev–Trinajstić information content (AvgIpc) is 3.14. The number of carbonyl (C=O) groups excluding carboxylic acids is 1. The Bertz CT molecular complexity index is 315. The molecule has 1 unspecified atom stereocenters. The molecule has 0 aromatic heterocycles. The van der Waals surface area contributed by atoms with E-state index in [2.05, 4.69) is 5.32 Å². The average molecular weight is 254 g/mol. The number of urea groups is 1. The molecule has 2 N–H and O–H groups in total. The summed E-state index contributed by atoms with van der Waals surface area (Å²) in [5.41, 5.74) is 0. The highest BCUT2D eigenvalue weighted by molar-refractivity contribution is 5.82. The summed E-state index contributed by atoms with van der Waals surface area (Å²) >= 11 is 0. The minimum absolute atomic E-state index is 0.204. The molecule has 5 heteroatoms. The van der Waals surface area contributed by atoms with E-state index in [1.54, 1.807) is 0 Å². The number of carboxylic acids is 1. The van der Waals surface area contributed by atoms with Gasteiger partial charge in [-0.25, -0.2) is 9.59 Å². The van der Waals surface area contributed by atoms with Gasteiger partial charge in [0.2, 0.25) is 0 Å². The molecule has 1 saturated carbocycles. The van der Waals surface area contributed by atoms with E-state index in [4.69, 9.17) is 0 Å². The topological polar surface area (TPSA) is 69.6 Å². The number of amides is 2. The van der Waals surface area contributed by atoms with Crippen molar-refractivity contribution in [2.24, 2.45) is 5.92 Å². The summed E-state index contributed by atoms with van der Waals surface area (Å²) in [6, 6.07) is -0.849. The molecule has 1 aliphatic heterocycles. The van der Waals surface area contributed by atoms with E-state index in [0.717, 1.165) is 31.6 Å². The van der Waals surface area contributed by atoms with Gasteiger partial charge in [0.25, 0.3) is 0 Å². The maximum absolute atomic E-state index is 12.0. The van der Waals surface area contributed by atoms with Crippen LogP contribution >= 0.6 is 0 Å². The summed E-state index contributed by atoms with van der Waals surface area (Å²) in [6.07, 6.45) is 6.95.